The smallest absolute Gasteiger partial charge is 0.438 e. The molecule has 0 aliphatic carbocycles. The second kappa shape index (κ2) is 10.5. The molecule has 2 aromatic carbocycles. The van der Waals surface area contributed by atoms with Gasteiger partial charge in [-0.2, -0.15) is 0 Å². The number of para-hydroxylation sites is 1. The van der Waals surface area contributed by atoms with E-state index in [1.807, 2.05) is 18.2 Å². The van der Waals surface area contributed by atoms with Gasteiger partial charge in [0.15, 0.2) is 5.17 Å². The number of benzene rings is 2. The van der Waals surface area contributed by atoms with Crippen LogP contribution in [0.5, 0.6) is 5.75 Å². The van der Waals surface area contributed by atoms with Crippen molar-refractivity contribution in [3.8, 4) is 11.4 Å². The van der Waals surface area contributed by atoms with Crippen molar-refractivity contribution in [3.63, 3.8) is 0 Å². The average molecular weight is 515 g/mol. The lowest BCUT2D eigenvalue weighted by Gasteiger charge is -2.17. The number of amides is 1. The second-order valence-electron chi connectivity index (χ2n) is 7.76. The Morgan fingerprint density at radius 2 is 1.81 bits per heavy atom. The number of nitrogens with zero attached hydrogens (tertiary/aromatic N) is 4. The first-order valence-electron chi connectivity index (χ1n) is 11.1. The number of amidine groups is 1. The third-order valence-corrected chi connectivity index (χ3v) is 6.37. The predicted molar refractivity (Wildman–Crippen MR) is 138 cm³/mol. The number of H-pyrrole nitrogens is 1. The van der Waals surface area contributed by atoms with Crippen LogP contribution in [-0.4, -0.2) is 40.0 Å². The lowest BCUT2D eigenvalue weighted by atomic mass is 10.2. The number of anilines is 1. The highest BCUT2D eigenvalue weighted by Crippen LogP contribution is 2.29. The van der Waals surface area contributed by atoms with Crippen molar-refractivity contribution in [2.45, 2.75) is 0 Å². The molecule has 0 radical (unpaired) electrons. The maximum absolute atomic E-state index is 13.3. The van der Waals surface area contributed by atoms with Crippen LogP contribution in [0, 0.1) is 0 Å². The SMILES string of the molecule is COc1ccc(-[n+]2[nH]oc(=O)c2C(=O)CSC2=N/C(=C/c3ccncc3)C(=O)N2c2ccccc2)cc1. The summed E-state index contributed by atoms with van der Waals surface area (Å²) in [5.74, 6) is -0.353. The lowest BCUT2D eigenvalue weighted by Crippen LogP contribution is -2.41. The number of ether oxygens (including phenoxy) is 1. The van der Waals surface area contributed by atoms with E-state index in [4.69, 9.17) is 9.26 Å². The highest BCUT2D eigenvalue weighted by atomic mass is 32.2. The summed E-state index contributed by atoms with van der Waals surface area (Å²) in [6, 6.07) is 19.3. The number of ketones is 1. The molecule has 11 heteroatoms. The molecule has 0 spiro atoms. The third-order valence-electron chi connectivity index (χ3n) is 5.43. The van der Waals surface area contributed by atoms with Gasteiger partial charge < -0.3 is 4.74 Å². The molecule has 0 saturated heterocycles. The minimum atomic E-state index is -0.802. The zero-order valence-corrected chi connectivity index (χ0v) is 20.3. The minimum absolute atomic E-state index is 0.156. The molecule has 37 heavy (non-hydrogen) atoms. The normalized spacial score (nSPS) is 14.2. The molecule has 1 N–H and O–H groups in total. The van der Waals surface area contributed by atoms with Crippen molar-refractivity contribution >= 4 is 40.4 Å². The van der Waals surface area contributed by atoms with Gasteiger partial charge in [-0.3, -0.25) is 24.0 Å². The molecular weight excluding hydrogens is 494 g/mol. The summed E-state index contributed by atoms with van der Waals surface area (Å²) >= 11 is 1.05. The largest absolute Gasteiger partial charge is 0.497 e. The van der Waals surface area contributed by atoms with Crippen LogP contribution in [0.15, 0.2) is 99.1 Å². The summed E-state index contributed by atoms with van der Waals surface area (Å²) in [6.07, 6.45) is 4.91. The van der Waals surface area contributed by atoms with E-state index < -0.39 is 11.4 Å². The van der Waals surface area contributed by atoms with Crippen LogP contribution in [0.2, 0.25) is 0 Å². The first-order chi connectivity index (χ1) is 18.0. The summed E-state index contributed by atoms with van der Waals surface area (Å²) in [4.78, 5) is 48.8. The number of thioether (sulfide) groups is 1. The Balaban J connectivity index is 1.43. The summed E-state index contributed by atoms with van der Waals surface area (Å²) in [7, 11) is 1.54. The average Bonchev–Trinajstić information content (AvgIpc) is 3.47. The Morgan fingerprint density at radius 1 is 1.08 bits per heavy atom. The van der Waals surface area contributed by atoms with E-state index in [0.29, 0.717) is 22.3 Å². The van der Waals surface area contributed by atoms with Crippen LogP contribution >= 0.6 is 11.8 Å². The lowest BCUT2D eigenvalue weighted by molar-refractivity contribution is -0.672. The quantitative estimate of drug-likeness (QED) is 0.229. The Morgan fingerprint density at radius 3 is 2.51 bits per heavy atom. The molecule has 0 fully saturated rings. The number of hydrogen-bond donors (Lipinski definition) is 1. The number of hydrogen-bond acceptors (Lipinski definition) is 8. The van der Waals surface area contributed by atoms with Crippen LogP contribution in [0.25, 0.3) is 11.8 Å². The van der Waals surface area contributed by atoms with Crippen molar-refractivity contribution in [2.75, 3.05) is 17.8 Å². The molecular formula is C26H20N5O5S+. The number of nitrogens with one attached hydrogen (secondary N) is 1. The Labute approximate surface area is 214 Å². The third kappa shape index (κ3) is 4.98. The number of carbonyl (C=O) groups excluding carboxylic acids is 2. The maximum atomic E-state index is 13.3. The van der Waals surface area contributed by atoms with Crippen LogP contribution < -0.4 is 19.9 Å². The van der Waals surface area contributed by atoms with Crippen molar-refractivity contribution < 1.29 is 23.5 Å². The van der Waals surface area contributed by atoms with Gasteiger partial charge in [-0.25, -0.2) is 9.79 Å². The van der Waals surface area contributed by atoms with Gasteiger partial charge >= 0.3 is 11.3 Å². The fourth-order valence-electron chi connectivity index (χ4n) is 3.64. The zero-order chi connectivity index (χ0) is 25.8. The highest BCUT2D eigenvalue weighted by molar-refractivity contribution is 8.14. The summed E-state index contributed by atoms with van der Waals surface area (Å²) in [5, 5.41) is 2.78. The Kier molecular flexibility index (Phi) is 6.77. The van der Waals surface area contributed by atoms with Gasteiger partial charge in [-0.05, 0) is 58.0 Å². The molecule has 1 amide bonds. The van der Waals surface area contributed by atoms with Crippen molar-refractivity contribution in [2.24, 2.45) is 4.99 Å². The topological polar surface area (TPSA) is 122 Å². The summed E-state index contributed by atoms with van der Waals surface area (Å²) < 4.78 is 11.3. The van der Waals surface area contributed by atoms with E-state index >= 15 is 0 Å². The van der Waals surface area contributed by atoms with Gasteiger partial charge in [0.2, 0.25) is 11.5 Å². The van der Waals surface area contributed by atoms with Crippen LogP contribution in [0.3, 0.4) is 0 Å². The molecule has 0 saturated carbocycles. The van der Waals surface area contributed by atoms with Crippen LogP contribution in [0.1, 0.15) is 16.1 Å². The van der Waals surface area contributed by atoms with Crippen molar-refractivity contribution in [3.05, 3.63) is 106 Å². The predicted octanol–water partition coefficient (Wildman–Crippen LogP) is 3.01. The van der Waals surface area contributed by atoms with Gasteiger partial charge in [0.1, 0.15) is 11.4 Å². The van der Waals surface area contributed by atoms with Gasteiger partial charge in [0.05, 0.1) is 18.6 Å². The summed E-state index contributed by atoms with van der Waals surface area (Å²) in [6.45, 7) is 0. The molecule has 0 bridgehead atoms. The molecule has 2 aromatic heterocycles. The van der Waals surface area contributed by atoms with Crippen LogP contribution in [-0.2, 0) is 4.79 Å². The molecule has 3 heterocycles. The van der Waals surface area contributed by atoms with Crippen molar-refractivity contribution in [1.29, 1.82) is 0 Å². The number of rotatable bonds is 7. The number of methoxy groups -OCH3 is 1. The van der Waals surface area contributed by atoms with Crippen molar-refractivity contribution in [1.82, 2.24) is 10.3 Å². The number of pyridine rings is 1. The Bertz CT molecular complexity index is 1560. The molecule has 4 aromatic rings. The standard InChI is InChI=1S/C26H19N5O5S/c1-35-20-9-7-19(8-10-20)31-23(25(34)36-29-31)22(32)16-37-26-28-21(15-17-11-13-27-14-12-17)24(33)30(26)18-5-3-2-4-6-18/h2-15H,16H2,1H3/p+1/b21-15+. The van der Waals surface area contributed by atoms with E-state index in [9.17, 15) is 14.4 Å². The molecule has 10 nitrogen and oxygen atoms in total. The number of carbonyl (C=O) groups is 2. The number of aliphatic imine (C=N–C) groups is 1. The van der Waals surface area contributed by atoms with Gasteiger partial charge in [-0.1, -0.05) is 30.0 Å². The van der Waals surface area contributed by atoms with Gasteiger partial charge in [0.25, 0.3) is 5.91 Å². The maximum Gasteiger partial charge on any atom is 0.438 e. The van der Waals surface area contributed by atoms with E-state index in [2.05, 4.69) is 15.2 Å². The van der Waals surface area contributed by atoms with E-state index in [0.717, 1.165) is 17.3 Å². The second-order valence-corrected chi connectivity index (χ2v) is 8.70. The molecule has 1 aliphatic rings. The molecule has 0 atom stereocenters. The summed E-state index contributed by atoms with van der Waals surface area (Å²) in [5.41, 5.74) is 1.13. The first kappa shape index (κ1) is 23.9. The fraction of sp³-hybridized carbons (Fsp3) is 0.0769. The minimum Gasteiger partial charge on any atom is -0.497 e. The Hall–Kier alpha value is -4.77. The van der Waals surface area contributed by atoms with Gasteiger partial charge in [-0.15, -0.1) is 0 Å². The monoisotopic (exact) mass is 514 g/mol. The molecule has 1 aliphatic heterocycles. The highest BCUT2D eigenvalue weighted by Gasteiger charge is 2.35. The van der Waals surface area contributed by atoms with E-state index in [-0.39, 0.29) is 23.1 Å². The first-order valence-corrected chi connectivity index (χ1v) is 12.1. The van der Waals surface area contributed by atoms with Gasteiger partial charge in [0, 0.05) is 24.5 Å². The number of Topliss-reactive ketones (excluding diaryl/α,β-unsaturated/α-hetero) is 1. The number of aromatic amines is 1. The molecule has 184 valence electrons. The zero-order valence-electron chi connectivity index (χ0n) is 19.5. The van der Waals surface area contributed by atoms with E-state index in [1.165, 1.54) is 9.58 Å². The molecule has 0 unspecified atom stereocenters. The fourth-order valence-corrected chi connectivity index (χ4v) is 4.52. The van der Waals surface area contributed by atoms with Crippen LogP contribution in [0.4, 0.5) is 5.69 Å². The number of aromatic nitrogens is 3. The van der Waals surface area contributed by atoms with E-state index in [1.54, 1.807) is 74.1 Å². The molecule has 5 rings (SSSR count).